The Morgan fingerprint density at radius 3 is 2.53 bits per heavy atom. The van der Waals surface area contributed by atoms with Gasteiger partial charge in [-0.15, -0.1) is 11.3 Å². The Hall–Kier alpha value is -1.03. The summed E-state index contributed by atoms with van der Waals surface area (Å²) < 4.78 is 27.8. The van der Waals surface area contributed by atoms with Crippen molar-refractivity contribution < 1.29 is 18.3 Å². The summed E-state index contributed by atoms with van der Waals surface area (Å²) in [5, 5.41) is 10.6. The van der Waals surface area contributed by atoms with Crippen LogP contribution >= 0.6 is 11.3 Å². The van der Waals surface area contributed by atoms with E-state index in [0.717, 1.165) is 11.3 Å². The molecule has 0 saturated carbocycles. The van der Waals surface area contributed by atoms with Crippen LogP contribution in [0.4, 0.5) is 0 Å². The van der Waals surface area contributed by atoms with Crippen LogP contribution in [0.2, 0.25) is 0 Å². The monoisotopic (exact) mass is 307 g/mol. The fourth-order valence-electron chi connectivity index (χ4n) is 1.50. The fourth-order valence-corrected chi connectivity index (χ4v) is 3.76. The Morgan fingerprint density at radius 2 is 2.11 bits per heavy atom. The van der Waals surface area contributed by atoms with Gasteiger partial charge in [0.05, 0.1) is 6.04 Å². The third-order valence-corrected chi connectivity index (χ3v) is 5.36. The van der Waals surface area contributed by atoms with E-state index in [1.54, 1.807) is 20.8 Å². The standard InChI is InChI=1S/C10H17N3O4S2/c1-4-13(5-2)19(16,17)12-7(3)9-11-8(6-18-9)10(14)15/h6-7,12H,4-5H2,1-3H3,(H,14,15). The van der Waals surface area contributed by atoms with Crippen LogP contribution in [-0.2, 0) is 10.2 Å². The van der Waals surface area contributed by atoms with Gasteiger partial charge in [0.1, 0.15) is 5.01 Å². The first-order chi connectivity index (χ1) is 8.81. The van der Waals surface area contributed by atoms with Crippen LogP contribution < -0.4 is 4.72 Å². The number of carbonyl (C=O) groups is 1. The van der Waals surface area contributed by atoms with E-state index in [0.29, 0.717) is 18.1 Å². The first-order valence-corrected chi connectivity index (χ1v) is 8.09. The van der Waals surface area contributed by atoms with Crippen molar-refractivity contribution in [2.45, 2.75) is 26.8 Å². The molecule has 7 nitrogen and oxygen atoms in total. The Bertz CT molecular complexity index is 537. The summed E-state index contributed by atoms with van der Waals surface area (Å²) >= 11 is 1.12. The number of aromatic nitrogens is 1. The van der Waals surface area contributed by atoms with Crippen LogP contribution in [0.5, 0.6) is 0 Å². The maximum absolute atomic E-state index is 12.0. The molecule has 0 saturated heterocycles. The highest BCUT2D eigenvalue weighted by atomic mass is 32.2. The van der Waals surface area contributed by atoms with E-state index in [-0.39, 0.29) is 5.69 Å². The molecule has 0 spiro atoms. The van der Waals surface area contributed by atoms with Crippen LogP contribution in [0.15, 0.2) is 5.38 Å². The minimum Gasteiger partial charge on any atom is -0.476 e. The lowest BCUT2D eigenvalue weighted by Crippen LogP contribution is -2.41. The molecule has 108 valence electrons. The zero-order valence-electron chi connectivity index (χ0n) is 11.0. The molecule has 9 heteroatoms. The maximum atomic E-state index is 12.0. The summed E-state index contributed by atoms with van der Waals surface area (Å²) in [6, 6.07) is -0.566. The third-order valence-electron chi connectivity index (χ3n) is 2.48. The molecule has 1 unspecified atom stereocenters. The van der Waals surface area contributed by atoms with Crippen LogP contribution in [-0.4, -0.2) is 41.9 Å². The van der Waals surface area contributed by atoms with Gasteiger partial charge in [-0.3, -0.25) is 0 Å². The van der Waals surface area contributed by atoms with Gasteiger partial charge in [0, 0.05) is 18.5 Å². The number of carboxylic acid groups (broad SMARTS) is 1. The molecule has 0 aliphatic carbocycles. The summed E-state index contributed by atoms with van der Waals surface area (Å²) in [5.74, 6) is -1.12. The lowest BCUT2D eigenvalue weighted by Gasteiger charge is -2.21. The summed E-state index contributed by atoms with van der Waals surface area (Å²) in [4.78, 5) is 14.6. The molecular weight excluding hydrogens is 290 g/mol. The topological polar surface area (TPSA) is 99.6 Å². The molecular formula is C10H17N3O4S2. The average molecular weight is 307 g/mol. The van der Waals surface area contributed by atoms with Crippen molar-refractivity contribution in [3.05, 3.63) is 16.1 Å². The van der Waals surface area contributed by atoms with Crippen LogP contribution in [0.1, 0.15) is 42.3 Å². The average Bonchev–Trinajstić information content (AvgIpc) is 2.78. The van der Waals surface area contributed by atoms with Gasteiger partial charge in [-0.1, -0.05) is 13.8 Å². The van der Waals surface area contributed by atoms with Gasteiger partial charge >= 0.3 is 5.97 Å². The zero-order chi connectivity index (χ0) is 14.6. The fraction of sp³-hybridized carbons (Fsp3) is 0.600. The smallest absolute Gasteiger partial charge is 0.355 e. The lowest BCUT2D eigenvalue weighted by atomic mass is 10.4. The highest BCUT2D eigenvalue weighted by Crippen LogP contribution is 2.19. The van der Waals surface area contributed by atoms with E-state index in [1.807, 2.05) is 0 Å². The van der Waals surface area contributed by atoms with Gasteiger partial charge < -0.3 is 5.11 Å². The second-order valence-corrected chi connectivity index (χ2v) is 6.40. The first-order valence-electron chi connectivity index (χ1n) is 5.77. The Kier molecular flexibility index (Phi) is 5.41. The molecule has 2 N–H and O–H groups in total. The van der Waals surface area contributed by atoms with Gasteiger partial charge in [0.25, 0.3) is 10.2 Å². The second-order valence-electron chi connectivity index (χ2n) is 3.81. The van der Waals surface area contributed by atoms with Gasteiger partial charge in [0.15, 0.2) is 5.69 Å². The van der Waals surface area contributed by atoms with Crippen LogP contribution in [0.3, 0.4) is 0 Å². The molecule has 0 amide bonds. The molecule has 0 aromatic carbocycles. The van der Waals surface area contributed by atoms with E-state index in [1.165, 1.54) is 9.69 Å². The maximum Gasteiger partial charge on any atom is 0.355 e. The number of aromatic carboxylic acids is 1. The molecule has 19 heavy (non-hydrogen) atoms. The third kappa shape index (κ3) is 3.96. The van der Waals surface area contributed by atoms with Gasteiger partial charge in [-0.25, -0.2) is 9.78 Å². The predicted molar refractivity (Wildman–Crippen MR) is 72.5 cm³/mol. The quantitative estimate of drug-likeness (QED) is 0.785. The van der Waals surface area contributed by atoms with Crippen molar-refractivity contribution >= 4 is 27.5 Å². The van der Waals surface area contributed by atoms with E-state index < -0.39 is 22.2 Å². The van der Waals surface area contributed by atoms with Gasteiger partial charge in [-0.2, -0.15) is 17.4 Å². The Labute approximate surface area is 116 Å². The molecule has 0 fully saturated rings. The highest BCUT2D eigenvalue weighted by Gasteiger charge is 2.23. The Balaban J connectivity index is 2.83. The number of hydrogen-bond donors (Lipinski definition) is 2. The van der Waals surface area contributed by atoms with E-state index in [2.05, 4.69) is 9.71 Å². The molecule has 1 atom stereocenters. The largest absolute Gasteiger partial charge is 0.476 e. The number of carboxylic acids is 1. The summed E-state index contributed by atoms with van der Waals surface area (Å²) in [7, 11) is -3.58. The molecule has 0 aliphatic rings. The summed E-state index contributed by atoms with van der Waals surface area (Å²) in [5.41, 5.74) is -0.0751. The molecule has 0 aliphatic heterocycles. The van der Waals surface area contributed by atoms with E-state index >= 15 is 0 Å². The van der Waals surface area contributed by atoms with Crippen molar-refractivity contribution in [3.63, 3.8) is 0 Å². The number of thiazole rings is 1. The SMILES string of the molecule is CCN(CC)S(=O)(=O)NC(C)c1nc(C(=O)O)cs1. The normalized spacial score (nSPS) is 13.7. The number of nitrogens with one attached hydrogen (secondary N) is 1. The number of nitrogens with zero attached hydrogens (tertiary/aromatic N) is 2. The molecule has 1 aromatic rings. The zero-order valence-corrected chi connectivity index (χ0v) is 12.6. The number of rotatable bonds is 7. The minimum atomic E-state index is -3.58. The molecule has 1 aromatic heterocycles. The van der Waals surface area contributed by atoms with Crippen LogP contribution in [0, 0.1) is 0 Å². The van der Waals surface area contributed by atoms with Gasteiger partial charge in [0.2, 0.25) is 0 Å². The first kappa shape index (κ1) is 16.0. The van der Waals surface area contributed by atoms with Crippen molar-refractivity contribution in [1.82, 2.24) is 14.0 Å². The highest BCUT2D eigenvalue weighted by molar-refractivity contribution is 7.87. The summed E-state index contributed by atoms with van der Waals surface area (Å²) in [6.45, 7) is 5.87. The lowest BCUT2D eigenvalue weighted by molar-refractivity contribution is 0.0691. The molecule has 0 radical (unpaired) electrons. The van der Waals surface area contributed by atoms with Crippen LogP contribution in [0.25, 0.3) is 0 Å². The molecule has 0 bridgehead atoms. The van der Waals surface area contributed by atoms with E-state index in [4.69, 9.17) is 5.11 Å². The number of hydrogen-bond acceptors (Lipinski definition) is 5. The van der Waals surface area contributed by atoms with Crippen molar-refractivity contribution in [2.24, 2.45) is 0 Å². The van der Waals surface area contributed by atoms with Crippen molar-refractivity contribution in [1.29, 1.82) is 0 Å². The van der Waals surface area contributed by atoms with Crippen molar-refractivity contribution in [3.8, 4) is 0 Å². The predicted octanol–water partition coefficient (Wildman–Crippen LogP) is 1.08. The van der Waals surface area contributed by atoms with E-state index in [9.17, 15) is 13.2 Å². The van der Waals surface area contributed by atoms with Crippen molar-refractivity contribution in [2.75, 3.05) is 13.1 Å². The Morgan fingerprint density at radius 1 is 1.53 bits per heavy atom. The molecule has 1 heterocycles. The van der Waals surface area contributed by atoms with Gasteiger partial charge in [-0.05, 0) is 6.92 Å². The summed E-state index contributed by atoms with van der Waals surface area (Å²) in [6.07, 6.45) is 0. The minimum absolute atomic E-state index is 0.0751. The molecule has 1 rings (SSSR count). The second kappa shape index (κ2) is 6.42.